The van der Waals surface area contributed by atoms with E-state index in [2.05, 4.69) is 0 Å². The van der Waals surface area contributed by atoms with Gasteiger partial charge in [0.25, 0.3) is 0 Å². The molecule has 0 unspecified atom stereocenters. The summed E-state index contributed by atoms with van der Waals surface area (Å²) in [6.45, 7) is 0.620. The maximum atomic E-state index is 13.5. The number of ketones is 1. The number of hydrogen-bond donors (Lipinski definition) is 1. The predicted molar refractivity (Wildman–Crippen MR) is 65.2 cm³/mol. The summed E-state index contributed by atoms with van der Waals surface area (Å²) in [4.78, 5) is 12.1. The summed E-state index contributed by atoms with van der Waals surface area (Å²) in [7, 11) is 0. The highest BCUT2D eigenvalue weighted by atomic mass is 19.1. The van der Waals surface area contributed by atoms with Crippen molar-refractivity contribution in [2.75, 3.05) is 6.54 Å². The highest BCUT2D eigenvalue weighted by Gasteiger charge is 2.29. The van der Waals surface area contributed by atoms with Crippen LogP contribution >= 0.6 is 0 Å². The van der Waals surface area contributed by atoms with Gasteiger partial charge in [0.2, 0.25) is 0 Å². The van der Waals surface area contributed by atoms with Gasteiger partial charge in [0.05, 0.1) is 5.56 Å². The third kappa shape index (κ3) is 2.58. The van der Waals surface area contributed by atoms with Crippen LogP contribution in [0.4, 0.5) is 8.78 Å². The number of benzene rings is 1. The van der Waals surface area contributed by atoms with E-state index in [1.807, 2.05) is 0 Å². The summed E-state index contributed by atoms with van der Waals surface area (Å²) in [5, 5.41) is 0. The molecule has 0 atom stereocenters. The molecule has 0 amide bonds. The van der Waals surface area contributed by atoms with Gasteiger partial charge in [0.15, 0.2) is 5.78 Å². The Bertz CT molecular complexity index is 419. The summed E-state index contributed by atoms with van der Waals surface area (Å²) in [6, 6.07) is 3.52. The van der Waals surface area contributed by atoms with Crippen LogP contribution in [0.15, 0.2) is 18.2 Å². The van der Waals surface area contributed by atoms with Crippen molar-refractivity contribution in [3.05, 3.63) is 35.4 Å². The van der Waals surface area contributed by atoms with Crippen LogP contribution in [-0.2, 0) is 0 Å². The minimum Gasteiger partial charge on any atom is -0.330 e. The van der Waals surface area contributed by atoms with Gasteiger partial charge in [-0.1, -0.05) is 6.07 Å². The van der Waals surface area contributed by atoms with Crippen molar-refractivity contribution in [3.63, 3.8) is 0 Å². The van der Waals surface area contributed by atoms with Crippen LogP contribution in [-0.4, -0.2) is 12.3 Å². The van der Waals surface area contributed by atoms with Gasteiger partial charge in [-0.15, -0.1) is 0 Å². The molecule has 1 aliphatic rings. The highest BCUT2D eigenvalue weighted by Crippen LogP contribution is 2.31. The first-order valence-corrected chi connectivity index (χ1v) is 6.31. The quantitative estimate of drug-likeness (QED) is 0.842. The predicted octanol–water partition coefficient (Wildman–Crippen LogP) is 2.91. The van der Waals surface area contributed by atoms with Gasteiger partial charge in [-0.2, -0.15) is 0 Å². The lowest BCUT2D eigenvalue weighted by Gasteiger charge is -2.26. The second kappa shape index (κ2) is 5.57. The highest BCUT2D eigenvalue weighted by molar-refractivity contribution is 5.98. The van der Waals surface area contributed by atoms with E-state index in [0.717, 1.165) is 25.0 Å². The Morgan fingerprint density at radius 1 is 1.17 bits per heavy atom. The normalized spacial score (nSPS) is 23.9. The van der Waals surface area contributed by atoms with Crippen LogP contribution in [0.1, 0.15) is 36.0 Å². The van der Waals surface area contributed by atoms with Gasteiger partial charge in [0.1, 0.15) is 11.6 Å². The van der Waals surface area contributed by atoms with E-state index in [0.29, 0.717) is 25.3 Å². The van der Waals surface area contributed by atoms with E-state index in [9.17, 15) is 13.6 Å². The van der Waals surface area contributed by atoms with E-state index in [4.69, 9.17) is 5.73 Å². The minimum atomic E-state index is -0.763. The van der Waals surface area contributed by atoms with Crippen LogP contribution in [0.3, 0.4) is 0 Å². The summed E-state index contributed by atoms with van der Waals surface area (Å²) in [5.41, 5.74) is 5.20. The van der Waals surface area contributed by atoms with Gasteiger partial charge in [-0.05, 0) is 50.3 Å². The second-order valence-electron chi connectivity index (χ2n) is 4.91. The number of carbonyl (C=O) groups excluding carboxylic acids is 1. The average molecular weight is 253 g/mol. The van der Waals surface area contributed by atoms with Crippen molar-refractivity contribution in [1.29, 1.82) is 0 Å². The van der Waals surface area contributed by atoms with Crippen LogP contribution in [0.5, 0.6) is 0 Å². The molecule has 2 nitrogen and oxygen atoms in total. The Morgan fingerprint density at radius 2 is 1.72 bits per heavy atom. The molecular formula is C14H17F2NO. The Kier molecular flexibility index (Phi) is 4.07. The van der Waals surface area contributed by atoms with E-state index >= 15 is 0 Å². The molecule has 0 bridgehead atoms. The Balaban J connectivity index is 2.13. The molecule has 0 aromatic heterocycles. The fourth-order valence-electron chi connectivity index (χ4n) is 2.60. The number of nitrogens with two attached hydrogens (primary N) is 1. The smallest absolute Gasteiger partial charge is 0.171 e. The van der Waals surface area contributed by atoms with Crippen molar-refractivity contribution in [2.24, 2.45) is 17.6 Å². The molecule has 4 heteroatoms. The van der Waals surface area contributed by atoms with Gasteiger partial charge >= 0.3 is 0 Å². The molecule has 0 radical (unpaired) electrons. The minimum absolute atomic E-state index is 0.265. The van der Waals surface area contributed by atoms with Crippen molar-refractivity contribution in [3.8, 4) is 0 Å². The molecule has 1 saturated carbocycles. The van der Waals surface area contributed by atoms with E-state index < -0.39 is 17.4 Å². The fraction of sp³-hybridized carbons (Fsp3) is 0.500. The lowest BCUT2D eigenvalue weighted by Crippen LogP contribution is -2.26. The maximum absolute atomic E-state index is 13.5. The number of rotatable bonds is 3. The molecular weight excluding hydrogens is 236 g/mol. The molecule has 1 aromatic carbocycles. The van der Waals surface area contributed by atoms with Gasteiger partial charge < -0.3 is 5.73 Å². The summed E-state index contributed by atoms with van der Waals surface area (Å²) in [5.74, 6) is -1.75. The van der Waals surface area contributed by atoms with Crippen molar-refractivity contribution in [2.45, 2.75) is 25.7 Å². The average Bonchev–Trinajstić information content (AvgIpc) is 2.38. The molecule has 0 heterocycles. The third-order valence-electron chi connectivity index (χ3n) is 3.76. The molecule has 18 heavy (non-hydrogen) atoms. The molecule has 2 N–H and O–H groups in total. The number of halogens is 2. The molecule has 0 saturated heterocycles. The van der Waals surface area contributed by atoms with Crippen LogP contribution in [0.2, 0.25) is 0 Å². The largest absolute Gasteiger partial charge is 0.330 e. The Labute approximate surface area is 105 Å². The number of hydrogen-bond acceptors (Lipinski definition) is 2. The molecule has 0 aliphatic heterocycles. The lowest BCUT2D eigenvalue weighted by molar-refractivity contribution is 0.0864. The maximum Gasteiger partial charge on any atom is 0.171 e. The standard InChI is InChI=1S/C14H17F2NO/c15-11-2-1-3-12(16)13(11)14(18)10-6-4-9(8-17)5-7-10/h1-3,9-10H,4-8,17H2. The van der Waals surface area contributed by atoms with Crippen LogP contribution in [0.25, 0.3) is 0 Å². The van der Waals surface area contributed by atoms with Gasteiger partial charge in [0, 0.05) is 5.92 Å². The number of carbonyl (C=O) groups is 1. The molecule has 1 aromatic rings. The van der Waals surface area contributed by atoms with E-state index in [-0.39, 0.29) is 11.5 Å². The molecule has 1 fully saturated rings. The Morgan fingerprint density at radius 3 is 2.22 bits per heavy atom. The first-order valence-electron chi connectivity index (χ1n) is 6.31. The van der Waals surface area contributed by atoms with Gasteiger partial charge in [-0.25, -0.2) is 8.78 Å². The van der Waals surface area contributed by atoms with Crippen molar-refractivity contribution < 1.29 is 13.6 Å². The second-order valence-corrected chi connectivity index (χ2v) is 4.91. The zero-order valence-electron chi connectivity index (χ0n) is 10.2. The summed E-state index contributed by atoms with van der Waals surface area (Å²) >= 11 is 0. The molecule has 0 spiro atoms. The molecule has 98 valence electrons. The third-order valence-corrected chi connectivity index (χ3v) is 3.76. The first kappa shape index (κ1) is 13.1. The summed E-state index contributed by atoms with van der Waals surface area (Å²) < 4.78 is 27.0. The Hall–Kier alpha value is -1.29. The van der Waals surface area contributed by atoms with Crippen LogP contribution < -0.4 is 5.73 Å². The monoisotopic (exact) mass is 253 g/mol. The molecule has 2 rings (SSSR count). The van der Waals surface area contributed by atoms with Crippen molar-refractivity contribution in [1.82, 2.24) is 0 Å². The van der Waals surface area contributed by atoms with Crippen molar-refractivity contribution >= 4 is 5.78 Å². The molecule has 1 aliphatic carbocycles. The lowest BCUT2D eigenvalue weighted by atomic mass is 9.78. The van der Waals surface area contributed by atoms with Gasteiger partial charge in [-0.3, -0.25) is 4.79 Å². The van der Waals surface area contributed by atoms with E-state index in [1.165, 1.54) is 6.07 Å². The summed E-state index contributed by atoms with van der Waals surface area (Å²) in [6.07, 6.45) is 3.08. The zero-order valence-corrected chi connectivity index (χ0v) is 10.2. The SMILES string of the molecule is NCC1CCC(C(=O)c2c(F)cccc2F)CC1. The fourth-order valence-corrected chi connectivity index (χ4v) is 2.60. The van der Waals surface area contributed by atoms with Crippen LogP contribution in [0, 0.1) is 23.5 Å². The topological polar surface area (TPSA) is 43.1 Å². The number of Topliss-reactive ketones (excluding diaryl/α,β-unsaturated/α-hetero) is 1. The van der Waals surface area contributed by atoms with E-state index in [1.54, 1.807) is 0 Å². The first-order chi connectivity index (χ1) is 8.63. The zero-order chi connectivity index (χ0) is 13.1.